The minimum absolute atomic E-state index is 0.0249. The summed E-state index contributed by atoms with van der Waals surface area (Å²) in [7, 11) is 6.85. The number of rotatable bonds is 10. The molecule has 8 nitrogen and oxygen atoms in total. The fourth-order valence-corrected chi connectivity index (χ4v) is 2.47. The maximum Gasteiger partial charge on any atom is 0.241 e. The van der Waals surface area contributed by atoms with Crippen molar-refractivity contribution in [2.45, 2.75) is 24.5 Å². The Hall–Kier alpha value is -1.55. The van der Waals surface area contributed by atoms with Crippen molar-refractivity contribution in [2.75, 3.05) is 33.4 Å². The van der Waals surface area contributed by atoms with E-state index in [1.165, 1.54) is 7.11 Å². The number of hydrogen-bond acceptors (Lipinski definition) is 6. The summed E-state index contributed by atoms with van der Waals surface area (Å²) in [5, 5.41) is 4.69. The van der Waals surface area contributed by atoms with E-state index in [4.69, 9.17) is 11.9 Å². The number of imide groups is 1. The lowest BCUT2D eigenvalue weighted by atomic mass is 10.3. The Kier molecular flexibility index (Phi) is 8.71. The largest absolute Gasteiger partial charge is 0.384 e. The average molecular weight is 341 g/mol. The molecule has 1 heterocycles. The van der Waals surface area contributed by atoms with Crippen LogP contribution in [0.2, 0.25) is 0 Å². The summed E-state index contributed by atoms with van der Waals surface area (Å²) >= 11 is 0.846. The molecule has 0 aromatic carbocycles. The SMILES string of the molecule is [B]SC1CC(=O)N(CCC(=O)NCCNC(=O)CCOC)C1=O. The molecule has 1 saturated heterocycles. The lowest BCUT2D eigenvalue weighted by Gasteiger charge is -2.14. The zero-order valence-electron chi connectivity index (χ0n) is 13.0. The number of likely N-dealkylation sites (tertiary alicyclic amines) is 1. The second-order valence-corrected chi connectivity index (χ2v) is 5.75. The summed E-state index contributed by atoms with van der Waals surface area (Å²) in [6.07, 6.45) is 0.371. The summed E-state index contributed by atoms with van der Waals surface area (Å²) in [6.45, 7) is 0.974. The molecule has 0 aliphatic carbocycles. The summed E-state index contributed by atoms with van der Waals surface area (Å²) < 4.78 is 4.77. The summed E-state index contributed by atoms with van der Waals surface area (Å²) in [6, 6.07) is 0. The van der Waals surface area contributed by atoms with E-state index in [1.54, 1.807) is 0 Å². The molecule has 0 bridgehead atoms. The highest BCUT2D eigenvalue weighted by Gasteiger charge is 2.37. The van der Waals surface area contributed by atoms with Gasteiger partial charge in [0.1, 0.15) is 0 Å². The number of amides is 4. The van der Waals surface area contributed by atoms with Gasteiger partial charge in [0.2, 0.25) is 23.6 Å². The highest BCUT2D eigenvalue weighted by Crippen LogP contribution is 2.22. The van der Waals surface area contributed by atoms with Gasteiger partial charge in [0.05, 0.1) is 11.9 Å². The van der Waals surface area contributed by atoms with Crippen LogP contribution in [0.1, 0.15) is 19.3 Å². The molecule has 4 amide bonds. The molecule has 10 heteroatoms. The monoisotopic (exact) mass is 341 g/mol. The van der Waals surface area contributed by atoms with Crippen molar-refractivity contribution in [3.05, 3.63) is 0 Å². The third-order valence-electron chi connectivity index (χ3n) is 3.23. The Balaban J connectivity index is 2.16. The lowest BCUT2D eigenvalue weighted by molar-refractivity contribution is -0.138. The predicted octanol–water partition coefficient (Wildman–Crippen LogP) is -1.41. The van der Waals surface area contributed by atoms with Gasteiger partial charge >= 0.3 is 0 Å². The van der Waals surface area contributed by atoms with Gasteiger partial charge in [0.25, 0.3) is 0 Å². The molecule has 23 heavy (non-hydrogen) atoms. The molecule has 2 radical (unpaired) electrons. The fourth-order valence-electron chi connectivity index (χ4n) is 1.98. The number of methoxy groups -OCH3 is 1. The molecule has 1 aliphatic heterocycles. The van der Waals surface area contributed by atoms with Gasteiger partial charge in [-0.15, -0.1) is 0 Å². The third-order valence-corrected chi connectivity index (χ3v) is 3.93. The summed E-state index contributed by atoms with van der Waals surface area (Å²) in [4.78, 5) is 47.4. The number of carbonyl (C=O) groups is 4. The van der Waals surface area contributed by atoms with Crippen LogP contribution in [0.3, 0.4) is 0 Å². The molecule has 1 unspecified atom stereocenters. The Labute approximate surface area is 140 Å². The van der Waals surface area contributed by atoms with Crippen molar-refractivity contribution in [1.82, 2.24) is 15.5 Å². The van der Waals surface area contributed by atoms with E-state index in [9.17, 15) is 19.2 Å². The van der Waals surface area contributed by atoms with E-state index in [2.05, 4.69) is 10.6 Å². The molecule has 1 atom stereocenters. The van der Waals surface area contributed by atoms with Crippen molar-refractivity contribution < 1.29 is 23.9 Å². The molecular weight excluding hydrogens is 321 g/mol. The molecule has 0 aromatic heterocycles. The van der Waals surface area contributed by atoms with Crippen molar-refractivity contribution in [3.8, 4) is 0 Å². The first-order chi connectivity index (χ1) is 11.0. The van der Waals surface area contributed by atoms with Crippen molar-refractivity contribution >= 4 is 42.4 Å². The molecule has 0 spiro atoms. The summed E-state index contributed by atoms with van der Waals surface area (Å²) in [5.74, 6) is -1.10. The van der Waals surface area contributed by atoms with E-state index < -0.39 is 5.25 Å². The van der Waals surface area contributed by atoms with Crippen LogP contribution in [0.15, 0.2) is 0 Å². The van der Waals surface area contributed by atoms with Crippen LogP contribution in [0.25, 0.3) is 0 Å². The van der Waals surface area contributed by atoms with E-state index in [0.29, 0.717) is 13.2 Å². The number of nitrogens with one attached hydrogen (secondary N) is 2. The highest BCUT2D eigenvalue weighted by molar-refractivity contribution is 8.20. The van der Waals surface area contributed by atoms with Gasteiger partial charge in [-0.25, -0.2) is 11.6 Å². The van der Waals surface area contributed by atoms with Crippen LogP contribution in [-0.2, 0) is 23.9 Å². The van der Waals surface area contributed by atoms with Gasteiger partial charge in [-0.1, -0.05) is 0 Å². The first-order valence-electron chi connectivity index (χ1n) is 7.21. The Morgan fingerprint density at radius 2 is 1.87 bits per heavy atom. The first-order valence-corrected chi connectivity index (χ1v) is 8.16. The molecule has 1 aliphatic rings. The molecule has 2 N–H and O–H groups in total. The second kappa shape index (κ2) is 10.3. The van der Waals surface area contributed by atoms with Crippen molar-refractivity contribution in [2.24, 2.45) is 0 Å². The Morgan fingerprint density at radius 3 is 2.39 bits per heavy atom. The third kappa shape index (κ3) is 6.61. The predicted molar refractivity (Wildman–Crippen MR) is 85.6 cm³/mol. The minimum atomic E-state index is -0.548. The maximum atomic E-state index is 11.8. The van der Waals surface area contributed by atoms with E-state index in [0.717, 1.165) is 16.5 Å². The van der Waals surface area contributed by atoms with Gasteiger partial charge < -0.3 is 15.4 Å². The van der Waals surface area contributed by atoms with Gasteiger partial charge in [-0.05, 0) is 0 Å². The van der Waals surface area contributed by atoms with Crippen LogP contribution in [-0.4, -0.2) is 74.3 Å². The van der Waals surface area contributed by atoms with Gasteiger partial charge in [0.15, 0.2) is 7.12 Å². The normalized spacial score (nSPS) is 17.4. The zero-order valence-corrected chi connectivity index (χ0v) is 13.8. The number of carbonyl (C=O) groups excluding carboxylic acids is 4. The lowest BCUT2D eigenvalue weighted by Crippen LogP contribution is -2.38. The highest BCUT2D eigenvalue weighted by atomic mass is 32.2. The topological polar surface area (TPSA) is 105 Å². The minimum Gasteiger partial charge on any atom is -0.384 e. The van der Waals surface area contributed by atoms with Crippen molar-refractivity contribution in [1.29, 1.82) is 0 Å². The standard InChI is InChI=1S/C13H20BN3O5S/c1-22-7-3-11(19)16-5-4-15-10(18)2-6-17-12(20)8-9(23-14)13(17)21/h9H,2-8H2,1H3,(H,15,18)(H,16,19). The van der Waals surface area contributed by atoms with Gasteiger partial charge in [-0.2, -0.15) is 0 Å². The molecular formula is C13H20BN3O5S. The van der Waals surface area contributed by atoms with Crippen LogP contribution in [0.4, 0.5) is 0 Å². The summed E-state index contributed by atoms with van der Waals surface area (Å²) in [5.41, 5.74) is 0. The van der Waals surface area contributed by atoms with E-state index in [-0.39, 0.29) is 56.0 Å². The van der Waals surface area contributed by atoms with E-state index >= 15 is 0 Å². The quantitative estimate of drug-likeness (QED) is 0.287. The molecule has 1 rings (SSSR count). The van der Waals surface area contributed by atoms with Crippen LogP contribution in [0, 0.1) is 0 Å². The molecule has 0 aromatic rings. The maximum absolute atomic E-state index is 11.8. The smallest absolute Gasteiger partial charge is 0.241 e. The number of ether oxygens (including phenoxy) is 1. The Morgan fingerprint density at radius 1 is 1.26 bits per heavy atom. The average Bonchev–Trinajstić information content (AvgIpc) is 2.81. The molecule has 0 saturated carbocycles. The Bertz CT molecular complexity index is 463. The zero-order chi connectivity index (χ0) is 17.2. The fraction of sp³-hybridized carbons (Fsp3) is 0.692. The van der Waals surface area contributed by atoms with E-state index in [1.807, 2.05) is 0 Å². The molecule has 126 valence electrons. The van der Waals surface area contributed by atoms with Crippen LogP contribution in [0.5, 0.6) is 0 Å². The number of nitrogens with zero attached hydrogens (tertiary/aromatic N) is 1. The van der Waals surface area contributed by atoms with Gasteiger partial charge in [0, 0.05) is 46.0 Å². The molecule has 1 fully saturated rings. The van der Waals surface area contributed by atoms with Crippen LogP contribution < -0.4 is 10.6 Å². The van der Waals surface area contributed by atoms with Crippen molar-refractivity contribution in [3.63, 3.8) is 0 Å². The van der Waals surface area contributed by atoms with Gasteiger partial charge in [-0.3, -0.25) is 24.1 Å². The van der Waals surface area contributed by atoms with Crippen LogP contribution >= 0.6 is 11.6 Å². The first kappa shape index (κ1) is 19.5. The number of hydrogen-bond donors (Lipinski definition) is 2. The second-order valence-electron chi connectivity index (χ2n) is 4.91.